The number of hydrogen-bond acceptors (Lipinski definition) is 2. The summed E-state index contributed by atoms with van der Waals surface area (Å²) >= 11 is 0. The van der Waals surface area contributed by atoms with E-state index < -0.39 is 0 Å². The first-order chi connectivity index (χ1) is 7.28. The standard InChI is InChI=1S/C13H24N2/c1-5-7-9-12(8-6-2)10-13(15-4)11-14-3/h6,8,10,14-15H,2,5,7,9,11H2,1,3-4H3/b12-8-,13-10+. The molecule has 0 aliphatic heterocycles. The first kappa shape index (κ1) is 14.0. The summed E-state index contributed by atoms with van der Waals surface area (Å²) in [6.07, 6.45) is 9.72. The van der Waals surface area contributed by atoms with E-state index in [4.69, 9.17) is 0 Å². The van der Waals surface area contributed by atoms with Gasteiger partial charge in [0.1, 0.15) is 0 Å². The summed E-state index contributed by atoms with van der Waals surface area (Å²) in [5.41, 5.74) is 2.55. The number of unbranched alkanes of at least 4 members (excludes halogenated alkanes) is 1. The second-order valence-electron chi connectivity index (χ2n) is 3.53. The van der Waals surface area contributed by atoms with Crippen LogP contribution in [-0.2, 0) is 0 Å². The summed E-state index contributed by atoms with van der Waals surface area (Å²) in [6.45, 7) is 6.83. The van der Waals surface area contributed by atoms with Crippen molar-refractivity contribution in [3.63, 3.8) is 0 Å². The van der Waals surface area contributed by atoms with Crippen molar-refractivity contribution in [3.05, 3.63) is 36.1 Å². The fourth-order valence-electron chi connectivity index (χ4n) is 1.36. The molecule has 0 aromatic rings. The van der Waals surface area contributed by atoms with Crippen molar-refractivity contribution in [3.8, 4) is 0 Å². The van der Waals surface area contributed by atoms with Gasteiger partial charge in [0.2, 0.25) is 0 Å². The Morgan fingerprint density at radius 1 is 1.33 bits per heavy atom. The minimum absolute atomic E-state index is 0.872. The zero-order chi connectivity index (χ0) is 11.5. The van der Waals surface area contributed by atoms with Crippen LogP contribution >= 0.6 is 0 Å². The van der Waals surface area contributed by atoms with Gasteiger partial charge in [0.15, 0.2) is 0 Å². The largest absolute Gasteiger partial charge is 0.390 e. The van der Waals surface area contributed by atoms with Crippen molar-refractivity contribution in [1.29, 1.82) is 0 Å². The van der Waals surface area contributed by atoms with Gasteiger partial charge in [-0.05, 0) is 31.5 Å². The van der Waals surface area contributed by atoms with Crippen LogP contribution in [0.3, 0.4) is 0 Å². The number of hydrogen-bond donors (Lipinski definition) is 2. The van der Waals surface area contributed by atoms with E-state index in [1.54, 1.807) is 0 Å². The summed E-state index contributed by atoms with van der Waals surface area (Å²) in [7, 11) is 3.91. The predicted octanol–water partition coefficient (Wildman–Crippen LogP) is 2.61. The van der Waals surface area contributed by atoms with Gasteiger partial charge in [-0.2, -0.15) is 0 Å². The third kappa shape index (κ3) is 6.97. The van der Waals surface area contributed by atoms with E-state index in [1.165, 1.54) is 24.1 Å². The second-order valence-corrected chi connectivity index (χ2v) is 3.53. The minimum Gasteiger partial charge on any atom is -0.390 e. The summed E-state index contributed by atoms with van der Waals surface area (Å²) in [5.74, 6) is 0. The quantitative estimate of drug-likeness (QED) is 0.599. The Kier molecular flexibility index (Phi) is 8.88. The zero-order valence-electron chi connectivity index (χ0n) is 10.3. The van der Waals surface area contributed by atoms with Crippen molar-refractivity contribution >= 4 is 0 Å². The number of nitrogens with one attached hydrogen (secondary N) is 2. The molecule has 2 N–H and O–H groups in total. The van der Waals surface area contributed by atoms with E-state index in [-0.39, 0.29) is 0 Å². The first-order valence-electron chi connectivity index (χ1n) is 5.63. The molecule has 0 aliphatic rings. The maximum absolute atomic E-state index is 3.75. The van der Waals surface area contributed by atoms with Crippen LogP contribution in [0.4, 0.5) is 0 Å². The minimum atomic E-state index is 0.872. The molecule has 2 heteroatoms. The van der Waals surface area contributed by atoms with Crippen LogP contribution in [-0.4, -0.2) is 20.6 Å². The average molecular weight is 208 g/mol. The molecule has 0 radical (unpaired) electrons. The average Bonchev–Trinajstić information content (AvgIpc) is 2.25. The summed E-state index contributed by atoms with van der Waals surface area (Å²) in [6, 6.07) is 0. The van der Waals surface area contributed by atoms with Gasteiger partial charge < -0.3 is 10.6 Å². The Hall–Kier alpha value is -1.02. The molecule has 0 saturated heterocycles. The number of allylic oxidation sites excluding steroid dienone is 4. The molecule has 0 atom stereocenters. The SMILES string of the molecule is C=C/C=C(\C=C(/CNC)NC)CCCC. The molecule has 0 aromatic heterocycles. The molecular formula is C13H24N2. The van der Waals surface area contributed by atoms with Gasteiger partial charge in [-0.15, -0.1) is 0 Å². The highest BCUT2D eigenvalue weighted by atomic mass is 14.9. The highest BCUT2D eigenvalue weighted by Gasteiger charge is 1.96. The smallest absolute Gasteiger partial charge is 0.0351 e. The summed E-state index contributed by atoms with van der Waals surface area (Å²) in [5, 5.41) is 6.33. The van der Waals surface area contributed by atoms with E-state index in [0.29, 0.717) is 0 Å². The van der Waals surface area contributed by atoms with E-state index in [2.05, 4.69) is 36.3 Å². The maximum atomic E-state index is 3.75. The Balaban J connectivity index is 4.46. The molecule has 15 heavy (non-hydrogen) atoms. The van der Waals surface area contributed by atoms with Gasteiger partial charge in [-0.1, -0.05) is 32.1 Å². The molecule has 0 saturated carbocycles. The Bertz CT molecular complexity index is 227. The lowest BCUT2D eigenvalue weighted by Crippen LogP contribution is -2.19. The van der Waals surface area contributed by atoms with E-state index in [9.17, 15) is 0 Å². The van der Waals surface area contributed by atoms with E-state index in [1.807, 2.05) is 20.2 Å². The Labute approximate surface area is 94.1 Å². The van der Waals surface area contributed by atoms with Gasteiger partial charge in [0.25, 0.3) is 0 Å². The van der Waals surface area contributed by atoms with Gasteiger partial charge >= 0.3 is 0 Å². The monoisotopic (exact) mass is 208 g/mol. The van der Waals surface area contributed by atoms with Crippen molar-refractivity contribution in [2.24, 2.45) is 0 Å². The molecule has 86 valence electrons. The van der Waals surface area contributed by atoms with Gasteiger partial charge in [0, 0.05) is 19.3 Å². The topological polar surface area (TPSA) is 24.1 Å². The zero-order valence-corrected chi connectivity index (χ0v) is 10.3. The van der Waals surface area contributed by atoms with Crippen molar-refractivity contribution in [2.75, 3.05) is 20.6 Å². The van der Waals surface area contributed by atoms with Crippen LogP contribution in [0.25, 0.3) is 0 Å². The molecule has 0 fully saturated rings. The normalized spacial score (nSPS) is 12.7. The molecule has 0 aromatic carbocycles. The fourth-order valence-corrected chi connectivity index (χ4v) is 1.36. The molecule has 2 nitrogen and oxygen atoms in total. The van der Waals surface area contributed by atoms with Gasteiger partial charge in [-0.25, -0.2) is 0 Å². The molecule has 0 amide bonds. The summed E-state index contributed by atoms with van der Waals surface area (Å²) in [4.78, 5) is 0. The fraction of sp³-hybridized carbons (Fsp3) is 0.538. The van der Waals surface area contributed by atoms with Crippen LogP contribution in [0, 0.1) is 0 Å². The highest BCUT2D eigenvalue weighted by molar-refractivity contribution is 5.26. The van der Waals surface area contributed by atoms with Crippen LogP contribution in [0.15, 0.2) is 36.1 Å². The predicted molar refractivity (Wildman–Crippen MR) is 68.9 cm³/mol. The van der Waals surface area contributed by atoms with Crippen molar-refractivity contribution < 1.29 is 0 Å². The van der Waals surface area contributed by atoms with Gasteiger partial charge in [-0.3, -0.25) is 0 Å². The molecule has 0 aliphatic carbocycles. The Morgan fingerprint density at radius 2 is 2.07 bits per heavy atom. The number of rotatable bonds is 8. The van der Waals surface area contributed by atoms with Crippen LogP contribution in [0.2, 0.25) is 0 Å². The van der Waals surface area contributed by atoms with E-state index >= 15 is 0 Å². The molecular weight excluding hydrogens is 184 g/mol. The lowest BCUT2D eigenvalue weighted by molar-refractivity contribution is 0.782. The molecule has 0 heterocycles. The number of likely N-dealkylation sites (N-methyl/N-ethyl adjacent to an activating group) is 2. The van der Waals surface area contributed by atoms with Crippen LogP contribution in [0.1, 0.15) is 26.2 Å². The molecule has 0 spiro atoms. The molecule has 0 bridgehead atoms. The van der Waals surface area contributed by atoms with Crippen LogP contribution in [0.5, 0.6) is 0 Å². The van der Waals surface area contributed by atoms with Crippen molar-refractivity contribution in [1.82, 2.24) is 10.6 Å². The first-order valence-corrected chi connectivity index (χ1v) is 5.63. The molecule has 0 rings (SSSR count). The summed E-state index contributed by atoms with van der Waals surface area (Å²) < 4.78 is 0. The molecule has 0 unspecified atom stereocenters. The Morgan fingerprint density at radius 3 is 2.53 bits per heavy atom. The lowest BCUT2D eigenvalue weighted by atomic mass is 10.1. The van der Waals surface area contributed by atoms with E-state index in [0.717, 1.165) is 13.0 Å². The van der Waals surface area contributed by atoms with Crippen molar-refractivity contribution in [2.45, 2.75) is 26.2 Å². The van der Waals surface area contributed by atoms with Gasteiger partial charge in [0.05, 0.1) is 0 Å². The van der Waals surface area contributed by atoms with Crippen LogP contribution < -0.4 is 10.6 Å². The maximum Gasteiger partial charge on any atom is 0.0351 e. The lowest BCUT2D eigenvalue weighted by Gasteiger charge is -2.08. The highest BCUT2D eigenvalue weighted by Crippen LogP contribution is 2.10. The third-order valence-corrected chi connectivity index (χ3v) is 2.20. The second kappa shape index (κ2) is 9.53. The third-order valence-electron chi connectivity index (χ3n) is 2.20.